The predicted molar refractivity (Wildman–Crippen MR) is 108 cm³/mol. The van der Waals surface area contributed by atoms with Crippen LogP contribution in [-0.4, -0.2) is 68.2 Å². The minimum atomic E-state index is -0.255. The molecule has 4 rings (SSSR count). The summed E-state index contributed by atoms with van der Waals surface area (Å²) in [5, 5.41) is 2.87. The molecule has 1 aromatic carbocycles. The molecule has 8 heteroatoms. The van der Waals surface area contributed by atoms with Crippen LogP contribution in [0.2, 0.25) is 0 Å². The highest BCUT2D eigenvalue weighted by Gasteiger charge is 2.24. The average Bonchev–Trinajstić information content (AvgIpc) is 3.17. The summed E-state index contributed by atoms with van der Waals surface area (Å²) < 4.78 is 18.2. The van der Waals surface area contributed by atoms with Crippen molar-refractivity contribution in [2.45, 2.75) is 12.6 Å². The number of hydrogen-bond donors (Lipinski definition) is 1. The fraction of sp³-hybridized carbons (Fsp3) is 0.450. The number of furan rings is 1. The van der Waals surface area contributed by atoms with Gasteiger partial charge in [-0.1, -0.05) is 6.07 Å². The van der Waals surface area contributed by atoms with E-state index in [0.717, 1.165) is 43.0 Å². The summed E-state index contributed by atoms with van der Waals surface area (Å²) >= 11 is 3.46. The molecule has 0 unspecified atom stereocenters. The number of rotatable bonds is 5. The molecule has 0 saturated carbocycles. The van der Waals surface area contributed by atoms with E-state index in [4.69, 9.17) is 13.9 Å². The molecule has 1 N–H and O–H groups in total. The van der Waals surface area contributed by atoms with E-state index in [1.807, 2.05) is 24.3 Å². The maximum Gasteiger partial charge on any atom is 0.287 e. The zero-order valence-electron chi connectivity index (χ0n) is 15.8. The van der Waals surface area contributed by atoms with Gasteiger partial charge in [0.1, 0.15) is 12.4 Å². The van der Waals surface area contributed by atoms with Crippen LogP contribution >= 0.6 is 15.9 Å². The summed E-state index contributed by atoms with van der Waals surface area (Å²) in [5.74, 6) is 2.26. The molecule has 3 heterocycles. The van der Waals surface area contributed by atoms with E-state index in [0.29, 0.717) is 30.4 Å². The van der Waals surface area contributed by atoms with Crippen LogP contribution in [0.25, 0.3) is 0 Å². The van der Waals surface area contributed by atoms with Gasteiger partial charge in [-0.25, -0.2) is 0 Å². The number of likely N-dealkylation sites (N-methyl/N-ethyl adjacent to an activating group) is 1. The number of halogens is 1. The Morgan fingerprint density at radius 1 is 1.21 bits per heavy atom. The average molecular weight is 450 g/mol. The Morgan fingerprint density at radius 2 is 2.04 bits per heavy atom. The SMILES string of the molecule is CN1CCN(Cc2ccc(C(=O)NC[C@@H]3COc4cccc(Br)c4O3)o2)CC1. The van der Waals surface area contributed by atoms with Crippen molar-refractivity contribution in [2.24, 2.45) is 0 Å². The van der Waals surface area contributed by atoms with E-state index in [1.165, 1.54) is 0 Å². The normalized spacial score (nSPS) is 20.1. The second kappa shape index (κ2) is 8.55. The number of piperazine rings is 1. The molecule has 0 radical (unpaired) electrons. The lowest BCUT2D eigenvalue weighted by atomic mass is 10.2. The zero-order valence-corrected chi connectivity index (χ0v) is 17.4. The molecular formula is C20H24BrN3O4. The van der Waals surface area contributed by atoms with Crippen molar-refractivity contribution in [1.29, 1.82) is 0 Å². The van der Waals surface area contributed by atoms with Crippen LogP contribution in [0.5, 0.6) is 11.5 Å². The van der Waals surface area contributed by atoms with E-state index < -0.39 is 0 Å². The van der Waals surface area contributed by atoms with Gasteiger partial charge in [0, 0.05) is 26.2 Å². The standard InChI is InChI=1S/C20H24BrN3O4/c1-23-7-9-24(10-8-23)12-14-5-6-18(27-14)20(25)22-11-15-13-26-17-4-2-3-16(21)19(17)28-15/h2-6,15H,7-13H2,1H3,(H,22,25)/t15-/m1/s1. The van der Waals surface area contributed by atoms with Crippen LogP contribution < -0.4 is 14.8 Å². The highest BCUT2D eigenvalue weighted by atomic mass is 79.9. The second-order valence-electron chi connectivity index (χ2n) is 7.17. The van der Waals surface area contributed by atoms with Gasteiger partial charge in [0.25, 0.3) is 5.91 Å². The minimum absolute atomic E-state index is 0.244. The molecule has 2 aliphatic rings. The van der Waals surface area contributed by atoms with Crippen molar-refractivity contribution in [3.63, 3.8) is 0 Å². The summed E-state index contributed by atoms with van der Waals surface area (Å²) in [6, 6.07) is 9.25. The number of nitrogens with one attached hydrogen (secondary N) is 1. The number of carbonyl (C=O) groups is 1. The number of carbonyl (C=O) groups excluding carboxylic acids is 1. The van der Waals surface area contributed by atoms with Gasteiger partial charge in [-0.05, 0) is 47.2 Å². The summed E-state index contributed by atoms with van der Waals surface area (Å²) in [4.78, 5) is 17.1. The molecule has 0 spiro atoms. The number of hydrogen-bond acceptors (Lipinski definition) is 6. The minimum Gasteiger partial charge on any atom is -0.486 e. The molecule has 2 aliphatic heterocycles. The topological polar surface area (TPSA) is 67.2 Å². The van der Waals surface area contributed by atoms with Gasteiger partial charge < -0.3 is 24.1 Å². The molecule has 28 heavy (non-hydrogen) atoms. The van der Waals surface area contributed by atoms with Gasteiger partial charge >= 0.3 is 0 Å². The molecule has 0 bridgehead atoms. The van der Waals surface area contributed by atoms with Gasteiger partial charge in [0.15, 0.2) is 23.4 Å². The number of amides is 1. The molecule has 2 aromatic rings. The summed E-state index contributed by atoms with van der Waals surface area (Å²) in [7, 11) is 2.13. The Bertz CT molecular complexity index is 833. The smallest absolute Gasteiger partial charge is 0.287 e. The van der Waals surface area contributed by atoms with Gasteiger partial charge in [0.05, 0.1) is 17.6 Å². The van der Waals surface area contributed by atoms with Crippen LogP contribution in [0.1, 0.15) is 16.3 Å². The molecular weight excluding hydrogens is 426 g/mol. The van der Waals surface area contributed by atoms with Gasteiger partial charge in [0.2, 0.25) is 0 Å². The first-order valence-electron chi connectivity index (χ1n) is 9.44. The molecule has 1 atom stereocenters. The van der Waals surface area contributed by atoms with E-state index in [-0.39, 0.29) is 12.0 Å². The monoisotopic (exact) mass is 449 g/mol. The lowest BCUT2D eigenvalue weighted by molar-refractivity contribution is 0.0765. The number of ether oxygens (including phenoxy) is 2. The first-order valence-corrected chi connectivity index (χ1v) is 10.2. The number of fused-ring (bicyclic) bond motifs is 1. The number of benzene rings is 1. The maximum atomic E-state index is 12.4. The van der Waals surface area contributed by atoms with Gasteiger partial charge in [-0.3, -0.25) is 9.69 Å². The van der Waals surface area contributed by atoms with Crippen molar-refractivity contribution < 1.29 is 18.7 Å². The van der Waals surface area contributed by atoms with Crippen molar-refractivity contribution in [3.8, 4) is 11.5 Å². The fourth-order valence-corrected chi connectivity index (χ4v) is 3.75. The van der Waals surface area contributed by atoms with Crippen LogP contribution in [0.4, 0.5) is 0 Å². The first-order chi connectivity index (χ1) is 13.6. The Kier molecular flexibility index (Phi) is 5.89. The largest absolute Gasteiger partial charge is 0.486 e. The van der Waals surface area contributed by atoms with Crippen LogP contribution in [0, 0.1) is 0 Å². The summed E-state index contributed by atoms with van der Waals surface area (Å²) in [5.41, 5.74) is 0. The number of para-hydroxylation sites is 1. The van der Waals surface area contributed by atoms with Gasteiger partial charge in [-0.15, -0.1) is 0 Å². The molecule has 1 aromatic heterocycles. The third kappa shape index (κ3) is 4.51. The van der Waals surface area contributed by atoms with Crippen LogP contribution in [0.15, 0.2) is 39.2 Å². The molecule has 7 nitrogen and oxygen atoms in total. The predicted octanol–water partition coefficient (Wildman–Crippen LogP) is 2.36. The molecule has 150 valence electrons. The van der Waals surface area contributed by atoms with E-state index in [1.54, 1.807) is 6.07 Å². The summed E-state index contributed by atoms with van der Waals surface area (Å²) in [6.45, 7) is 5.58. The molecule has 1 saturated heterocycles. The molecule has 0 aliphatic carbocycles. The van der Waals surface area contributed by atoms with Crippen LogP contribution in [0.3, 0.4) is 0 Å². The lowest BCUT2D eigenvalue weighted by Crippen LogP contribution is -2.43. The van der Waals surface area contributed by atoms with E-state index in [2.05, 4.69) is 38.1 Å². The maximum absolute atomic E-state index is 12.4. The Labute approximate surface area is 172 Å². The Hall–Kier alpha value is -2.03. The highest BCUT2D eigenvalue weighted by Crippen LogP contribution is 2.38. The third-order valence-electron chi connectivity index (χ3n) is 4.99. The second-order valence-corrected chi connectivity index (χ2v) is 8.03. The van der Waals surface area contributed by atoms with Crippen molar-refractivity contribution in [3.05, 3.63) is 46.3 Å². The molecule has 1 amide bonds. The Morgan fingerprint density at radius 3 is 2.86 bits per heavy atom. The Balaban J connectivity index is 1.28. The van der Waals surface area contributed by atoms with Crippen LogP contribution in [-0.2, 0) is 6.54 Å². The van der Waals surface area contributed by atoms with E-state index >= 15 is 0 Å². The zero-order chi connectivity index (χ0) is 19.5. The highest BCUT2D eigenvalue weighted by molar-refractivity contribution is 9.10. The van der Waals surface area contributed by atoms with Gasteiger partial charge in [-0.2, -0.15) is 0 Å². The van der Waals surface area contributed by atoms with Crippen molar-refractivity contribution >= 4 is 21.8 Å². The van der Waals surface area contributed by atoms with E-state index in [9.17, 15) is 4.79 Å². The fourth-order valence-electron chi connectivity index (χ4n) is 3.31. The quantitative estimate of drug-likeness (QED) is 0.755. The van der Waals surface area contributed by atoms with Crippen molar-refractivity contribution in [2.75, 3.05) is 46.4 Å². The number of nitrogens with zero attached hydrogens (tertiary/aromatic N) is 2. The molecule has 1 fully saturated rings. The lowest BCUT2D eigenvalue weighted by Gasteiger charge is -2.31. The summed E-state index contributed by atoms with van der Waals surface area (Å²) in [6.07, 6.45) is -0.255. The third-order valence-corrected chi connectivity index (χ3v) is 5.62. The first kappa shape index (κ1) is 19.3. The van der Waals surface area contributed by atoms with Crippen molar-refractivity contribution in [1.82, 2.24) is 15.1 Å².